The van der Waals surface area contributed by atoms with Gasteiger partial charge in [-0.3, -0.25) is 9.59 Å². The number of pyridine rings is 1. The van der Waals surface area contributed by atoms with Crippen LogP contribution in [0, 0.1) is 0 Å². The van der Waals surface area contributed by atoms with Gasteiger partial charge in [0, 0.05) is 24.8 Å². The van der Waals surface area contributed by atoms with Crippen molar-refractivity contribution in [1.29, 1.82) is 0 Å². The summed E-state index contributed by atoms with van der Waals surface area (Å²) in [5.74, 6) is 0.00931. The molecule has 0 unspecified atom stereocenters. The van der Waals surface area contributed by atoms with Gasteiger partial charge in [-0.2, -0.15) is 4.98 Å². The molecule has 31 heavy (non-hydrogen) atoms. The lowest BCUT2D eigenvalue weighted by atomic mass is 10.0. The Hall–Kier alpha value is -3.75. The maximum Gasteiger partial charge on any atom is 0.308 e. The zero-order valence-corrected chi connectivity index (χ0v) is 18.0. The quantitative estimate of drug-likeness (QED) is 0.571. The highest BCUT2D eigenvalue weighted by molar-refractivity contribution is 5.96. The van der Waals surface area contributed by atoms with Crippen molar-refractivity contribution in [2.45, 2.75) is 39.7 Å². The minimum Gasteiger partial charge on any atom is -0.493 e. The second-order valence-corrected chi connectivity index (χ2v) is 7.22. The van der Waals surface area contributed by atoms with E-state index in [9.17, 15) is 9.59 Å². The summed E-state index contributed by atoms with van der Waals surface area (Å²) >= 11 is 0. The maximum absolute atomic E-state index is 12.8. The summed E-state index contributed by atoms with van der Waals surface area (Å²) < 4.78 is 15.6. The first-order valence-electron chi connectivity index (χ1n) is 9.76. The number of rotatable bonds is 7. The molecule has 2 heterocycles. The highest BCUT2D eigenvalue weighted by Crippen LogP contribution is 2.30. The molecule has 0 saturated carbocycles. The number of nitrogens with one attached hydrogen (secondary N) is 1. The van der Waals surface area contributed by atoms with Gasteiger partial charge in [-0.25, -0.2) is 4.98 Å². The van der Waals surface area contributed by atoms with Gasteiger partial charge < -0.3 is 19.3 Å². The minimum atomic E-state index is -0.611. The molecule has 0 bridgehead atoms. The number of aromatic nitrogens is 3. The topological polar surface area (TPSA) is 116 Å². The van der Waals surface area contributed by atoms with E-state index in [1.54, 1.807) is 6.92 Å². The van der Waals surface area contributed by atoms with Crippen molar-refractivity contribution in [3.63, 3.8) is 0 Å². The van der Waals surface area contributed by atoms with Crippen molar-refractivity contribution in [3.05, 3.63) is 53.7 Å². The fourth-order valence-electron chi connectivity index (χ4n) is 2.89. The van der Waals surface area contributed by atoms with E-state index in [-0.39, 0.29) is 23.1 Å². The van der Waals surface area contributed by atoms with E-state index < -0.39 is 17.9 Å². The smallest absolute Gasteiger partial charge is 0.308 e. The molecular weight excluding hydrogens is 400 g/mol. The van der Waals surface area contributed by atoms with Crippen LogP contribution in [0.5, 0.6) is 11.5 Å². The molecule has 9 heteroatoms. The van der Waals surface area contributed by atoms with Crippen LogP contribution in [0.1, 0.15) is 61.6 Å². The molecule has 0 spiro atoms. The molecule has 1 amide bonds. The standard InChI is InChI=1S/C22H24N4O5/c1-12(2)15-7-6-8-16(11-15)20-25-22(31-26-20)13(3)24-21(28)18-19(30-14(4)27)17(29-5)9-10-23-18/h6-13H,1-5H3,(H,24,28)/t13-/m0/s1. The van der Waals surface area contributed by atoms with Crippen LogP contribution in [0.4, 0.5) is 0 Å². The Morgan fingerprint density at radius 3 is 2.61 bits per heavy atom. The summed E-state index contributed by atoms with van der Waals surface area (Å²) in [7, 11) is 1.40. The Bertz CT molecular complexity index is 1090. The highest BCUT2D eigenvalue weighted by atomic mass is 16.6. The highest BCUT2D eigenvalue weighted by Gasteiger charge is 2.24. The molecule has 0 aliphatic heterocycles. The second-order valence-electron chi connectivity index (χ2n) is 7.22. The van der Waals surface area contributed by atoms with Gasteiger partial charge in [-0.1, -0.05) is 37.2 Å². The molecule has 0 saturated heterocycles. The predicted octanol–water partition coefficient (Wildman–Crippen LogP) is 3.68. The Kier molecular flexibility index (Phi) is 6.64. The predicted molar refractivity (Wildman–Crippen MR) is 112 cm³/mol. The van der Waals surface area contributed by atoms with Crippen molar-refractivity contribution >= 4 is 11.9 Å². The first-order valence-corrected chi connectivity index (χ1v) is 9.76. The average Bonchev–Trinajstić information content (AvgIpc) is 3.24. The number of benzene rings is 1. The van der Waals surface area contributed by atoms with Gasteiger partial charge in [0.2, 0.25) is 17.5 Å². The third-order valence-corrected chi connectivity index (χ3v) is 4.52. The zero-order chi connectivity index (χ0) is 22.5. The fourth-order valence-corrected chi connectivity index (χ4v) is 2.89. The zero-order valence-electron chi connectivity index (χ0n) is 18.0. The Morgan fingerprint density at radius 2 is 1.94 bits per heavy atom. The number of amides is 1. The van der Waals surface area contributed by atoms with Crippen LogP contribution < -0.4 is 14.8 Å². The normalized spacial score (nSPS) is 11.8. The van der Waals surface area contributed by atoms with Crippen LogP contribution >= 0.6 is 0 Å². The number of carbonyl (C=O) groups is 2. The Morgan fingerprint density at radius 1 is 1.16 bits per heavy atom. The molecule has 0 aliphatic rings. The maximum atomic E-state index is 12.8. The van der Waals surface area contributed by atoms with Crippen molar-refractivity contribution in [1.82, 2.24) is 20.4 Å². The van der Waals surface area contributed by atoms with Crippen LogP contribution in [0.2, 0.25) is 0 Å². The molecule has 1 atom stereocenters. The largest absolute Gasteiger partial charge is 0.493 e. The van der Waals surface area contributed by atoms with Gasteiger partial charge in [0.1, 0.15) is 6.04 Å². The number of ether oxygens (including phenoxy) is 2. The summed E-state index contributed by atoms with van der Waals surface area (Å²) in [6.45, 7) is 7.14. The first kappa shape index (κ1) is 21.9. The van der Waals surface area contributed by atoms with Crippen molar-refractivity contribution < 1.29 is 23.6 Å². The lowest BCUT2D eigenvalue weighted by molar-refractivity contribution is -0.132. The van der Waals surface area contributed by atoms with E-state index in [0.29, 0.717) is 11.7 Å². The number of hydrogen-bond acceptors (Lipinski definition) is 8. The molecule has 1 N–H and O–H groups in total. The van der Waals surface area contributed by atoms with Gasteiger partial charge in [0.15, 0.2) is 11.4 Å². The number of nitrogens with zero attached hydrogens (tertiary/aromatic N) is 3. The van der Waals surface area contributed by atoms with Crippen LogP contribution in [0.15, 0.2) is 41.1 Å². The molecule has 9 nitrogen and oxygen atoms in total. The second kappa shape index (κ2) is 9.38. The van der Waals surface area contributed by atoms with Crippen molar-refractivity contribution in [2.75, 3.05) is 7.11 Å². The first-order chi connectivity index (χ1) is 14.8. The lowest BCUT2D eigenvalue weighted by Crippen LogP contribution is -2.28. The molecular formula is C22H24N4O5. The van der Waals surface area contributed by atoms with E-state index in [2.05, 4.69) is 34.3 Å². The van der Waals surface area contributed by atoms with Crippen molar-refractivity contribution in [3.8, 4) is 22.9 Å². The minimum absolute atomic E-state index is 0.0566. The summed E-state index contributed by atoms with van der Waals surface area (Å²) in [5, 5.41) is 6.76. The Labute approximate surface area is 179 Å². The summed E-state index contributed by atoms with van der Waals surface area (Å²) in [5.41, 5.74) is 1.89. The van der Waals surface area contributed by atoms with E-state index in [1.807, 2.05) is 24.3 Å². The van der Waals surface area contributed by atoms with Crippen LogP contribution in [-0.4, -0.2) is 34.1 Å². The molecule has 0 aliphatic carbocycles. The van der Waals surface area contributed by atoms with Crippen LogP contribution in [-0.2, 0) is 4.79 Å². The van der Waals surface area contributed by atoms with E-state index in [0.717, 1.165) is 11.1 Å². The average molecular weight is 424 g/mol. The molecule has 3 aromatic rings. The third-order valence-electron chi connectivity index (χ3n) is 4.52. The third kappa shape index (κ3) is 5.06. The molecule has 0 radical (unpaired) electrons. The molecule has 1 aromatic carbocycles. The summed E-state index contributed by atoms with van der Waals surface area (Å²) in [6, 6.07) is 8.77. The van der Waals surface area contributed by atoms with Gasteiger partial charge in [0.25, 0.3) is 5.91 Å². The number of carbonyl (C=O) groups excluding carboxylic acids is 2. The summed E-state index contributed by atoms with van der Waals surface area (Å²) in [6.07, 6.45) is 1.39. The Balaban J connectivity index is 1.80. The van der Waals surface area contributed by atoms with Gasteiger partial charge in [-0.05, 0) is 24.5 Å². The van der Waals surface area contributed by atoms with Crippen LogP contribution in [0.25, 0.3) is 11.4 Å². The molecule has 3 rings (SSSR count). The van der Waals surface area contributed by atoms with Crippen LogP contribution in [0.3, 0.4) is 0 Å². The van der Waals surface area contributed by atoms with Gasteiger partial charge >= 0.3 is 5.97 Å². The van der Waals surface area contributed by atoms with E-state index >= 15 is 0 Å². The van der Waals surface area contributed by atoms with E-state index in [1.165, 1.54) is 26.3 Å². The summed E-state index contributed by atoms with van der Waals surface area (Å²) in [4.78, 5) is 32.7. The number of methoxy groups -OCH3 is 1. The SMILES string of the molecule is COc1ccnc(C(=O)N[C@@H](C)c2nc(-c3cccc(C(C)C)c3)no2)c1OC(C)=O. The number of esters is 1. The fraction of sp³-hybridized carbons (Fsp3) is 0.318. The van der Waals surface area contributed by atoms with Gasteiger partial charge in [0.05, 0.1) is 7.11 Å². The van der Waals surface area contributed by atoms with Gasteiger partial charge in [-0.15, -0.1) is 0 Å². The van der Waals surface area contributed by atoms with E-state index in [4.69, 9.17) is 14.0 Å². The molecule has 2 aromatic heterocycles. The number of hydrogen-bond donors (Lipinski definition) is 1. The monoisotopic (exact) mass is 424 g/mol. The lowest BCUT2D eigenvalue weighted by Gasteiger charge is -2.13. The molecule has 162 valence electrons. The molecule has 0 fully saturated rings. The van der Waals surface area contributed by atoms with Crippen molar-refractivity contribution in [2.24, 2.45) is 0 Å².